The number of carbonyl (C=O) groups is 1. The van der Waals surface area contributed by atoms with E-state index in [4.69, 9.17) is 0 Å². The van der Waals surface area contributed by atoms with Crippen LogP contribution >= 0.6 is 0 Å². The van der Waals surface area contributed by atoms with E-state index in [1.54, 1.807) is 6.20 Å². The van der Waals surface area contributed by atoms with E-state index >= 15 is 0 Å². The summed E-state index contributed by atoms with van der Waals surface area (Å²) in [5, 5.41) is 7.33. The van der Waals surface area contributed by atoms with E-state index in [0.29, 0.717) is 12.4 Å². The third-order valence-corrected chi connectivity index (χ3v) is 3.80. The predicted octanol–water partition coefficient (Wildman–Crippen LogP) is 2.79. The van der Waals surface area contributed by atoms with Crippen LogP contribution in [0.25, 0.3) is 0 Å². The van der Waals surface area contributed by atoms with Crippen molar-refractivity contribution in [2.75, 3.05) is 5.32 Å². The average Bonchev–Trinajstić information content (AvgIpc) is 2.66. The molecule has 2 aromatic rings. The van der Waals surface area contributed by atoms with Crippen LogP contribution in [-0.2, 0) is 11.3 Å². The molecular weight excluding hydrogens is 264 g/mol. The van der Waals surface area contributed by atoms with Crippen molar-refractivity contribution in [3.63, 3.8) is 0 Å². The summed E-state index contributed by atoms with van der Waals surface area (Å²) in [6.07, 6.45) is 1.69. The lowest BCUT2D eigenvalue weighted by atomic mass is 10.1. The van der Waals surface area contributed by atoms with E-state index in [1.165, 1.54) is 5.56 Å². The van der Waals surface area contributed by atoms with Crippen molar-refractivity contribution < 1.29 is 4.79 Å². The number of nitrogens with zero attached hydrogens (tertiary/aromatic N) is 3. The van der Waals surface area contributed by atoms with Crippen molar-refractivity contribution in [1.29, 1.82) is 0 Å². The van der Waals surface area contributed by atoms with E-state index < -0.39 is 0 Å². The molecule has 2 heterocycles. The zero-order valence-electron chi connectivity index (χ0n) is 13.3. The summed E-state index contributed by atoms with van der Waals surface area (Å²) in [4.78, 5) is 16.4. The highest BCUT2D eigenvalue weighted by atomic mass is 16.1. The standard InChI is InChI=1S/C16H22N4O/c1-10-6-7-17-15(8-10)18-16(21)11(2)9-20-14(5)12(3)13(4)19-20/h6-8,11H,9H2,1-5H3,(H,17,18,21)/t11-/m1/s1. The number of pyridine rings is 1. The molecule has 21 heavy (non-hydrogen) atoms. The van der Waals surface area contributed by atoms with E-state index in [1.807, 2.05) is 44.5 Å². The van der Waals surface area contributed by atoms with Crippen LogP contribution in [0.15, 0.2) is 18.3 Å². The molecule has 1 amide bonds. The van der Waals surface area contributed by atoms with Gasteiger partial charge < -0.3 is 5.32 Å². The molecule has 0 fully saturated rings. The molecule has 0 saturated heterocycles. The summed E-state index contributed by atoms with van der Waals surface area (Å²) in [5.41, 5.74) is 4.38. The van der Waals surface area contributed by atoms with Gasteiger partial charge in [0.1, 0.15) is 5.82 Å². The highest BCUT2D eigenvalue weighted by molar-refractivity contribution is 5.91. The van der Waals surface area contributed by atoms with E-state index in [0.717, 1.165) is 17.0 Å². The van der Waals surface area contributed by atoms with Gasteiger partial charge in [0.25, 0.3) is 0 Å². The Balaban J connectivity index is 2.04. The first-order valence-electron chi connectivity index (χ1n) is 7.12. The third kappa shape index (κ3) is 3.48. The van der Waals surface area contributed by atoms with Gasteiger partial charge >= 0.3 is 0 Å². The molecule has 1 atom stereocenters. The number of nitrogens with one attached hydrogen (secondary N) is 1. The van der Waals surface area contributed by atoms with Crippen molar-refractivity contribution in [1.82, 2.24) is 14.8 Å². The average molecular weight is 286 g/mol. The van der Waals surface area contributed by atoms with E-state index in [2.05, 4.69) is 22.3 Å². The second-order valence-electron chi connectivity index (χ2n) is 5.59. The number of carbonyl (C=O) groups excluding carboxylic acids is 1. The van der Waals surface area contributed by atoms with Gasteiger partial charge in [0.15, 0.2) is 0 Å². The molecule has 5 nitrogen and oxygen atoms in total. The van der Waals surface area contributed by atoms with Gasteiger partial charge in [-0.15, -0.1) is 0 Å². The van der Waals surface area contributed by atoms with Crippen LogP contribution in [0.1, 0.15) is 29.4 Å². The largest absolute Gasteiger partial charge is 0.310 e. The monoisotopic (exact) mass is 286 g/mol. The number of hydrogen-bond donors (Lipinski definition) is 1. The number of aryl methyl sites for hydroxylation is 2. The van der Waals surface area contributed by atoms with Gasteiger partial charge in [-0.2, -0.15) is 5.10 Å². The Kier molecular flexibility index (Phi) is 4.40. The lowest BCUT2D eigenvalue weighted by molar-refractivity contribution is -0.119. The zero-order valence-corrected chi connectivity index (χ0v) is 13.3. The van der Waals surface area contributed by atoms with Crippen molar-refractivity contribution in [2.45, 2.75) is 41.2 Å². The summed E-state index contributed by atoms with van der Waals surface area (Å²) in [6, 6.07) is 3.76. The molecule has 5 heteroatoms. The van der Waals surface area contributed by atoms with Gasteiger partial charge in [-0.05, 0) is 51.0 Å². The maximum atomic E-state index is 12.2. The molecule has 2 aromatic heterocycles. The maximum Gasteiger partial charge on any atom is 0.230 e. The summed E-state index contributed by atoms with van der Waals surface area (Å²) in [5.74, 6) is 0.374. The number of amides is 1. The van der Waals surface area contributed by atoms with E-state index in [-0.39, 0.29) is 11.8 Å². The summed E-state index contributed by atoms with van der Waals surface area (Å²) in [6.45, 7) is 10.5. The van der Waals surface area contributed by atoms with Gasteiger partial charge in [0.05, 0.1) is 18.2 Å². The molecule has 1 N–H and O–H groups in total. The van der Waals surface area contributed by atoms with Crippen LogP contribution < -0.4 is 5.32 Å². The van der Waals surface area contributed by atoms with Crippen LogP contribution in [0.2, 0.25) is 0 Å². The molecule has 0 spiro atoms. The fourth-order valence-electron chi connectivity index (χ4n) is 2.16. The highest BCUT2D eigenvalue weighted by Crippen LogP contribution is 2.14. The Morgan fingerprint density at radius 2 is 2.05 bits per heavy atom. The van der Waals surface area contributed by atoms with Gasteiger partial charge in [0.2, 0.25) is 5.91 Å². The number of rotatable bonds is 4. The minimum Gasteiger partial charge on any atom is -0.310 e. The molecule has 0 unspecified atom stereocenters. The number of hydrogen-bond acceptors (Lipinski definition) is 3. The van der Waals surface area contributed by atoms with Crippen LogP contribution in [0.5, 0.6) is 0 Å². The smallest absolute Gasteiger partial charge is 0.230 e. The molecule has 0 aromatic carbocycles. The molecule has 0 bridgehead atoms. The fraction of sp³-hybridized carbons (Fsp3) is 0.438. The molecule has 0 saturated carbocycles. The first-order valence-corrected chi connectivity index (χ1v) is 7.12. The first kappa shape index (κ1) is 15.2. The van der Waals surface area contributed by atoms with Crippen molar-refractivity contribution in [3.05, 3.63) is 40.8 Å². The lowest BCUT2D eigenvalue weighted by Gasteiger charge is -2.13. The molecule has 0 aliphatic heterocycles. The quantitative estimate of drug-likeness (QED) is 0.940. The lowest BCUT2D eigenvalue weighted by Crippen LogP contribution is -2.25. The first-order chi connectivity index (χ1) is 9.88. The minimum absolute atomic E-state index is 0.0432. The Bertz CT molecular complexity index is 660. The minimum atomic E-state index is -0.176. The molecule has 2 rings (SSSR count). The summed E-state index contributed by atoms with van der Waals surface area (Å²) in [7, 11) is 0. The third-order valence-electron chi connectivity index (χ3n) is 3.80. The van der Waals surface area contributed by atoms with Gasteiger partial charge in [-0.25, -0.2) is 4.98 Å². The number of anilines is 1. The predicted molar refractivity (Wildman–Crippen MR) is 83.2 cm³/mol. The van der Waals surface area contributed by atoms with Gasteiger partial charge in [-0.3, -0.25) is 9.48 Å². The van der Waals surface area contributed by atoms with Crippen LogP contribution in [0.3, 0.4) is 0 Å². The second kappa shape index (κ2) is 6.08. The van der Waals surface area contributed by atoms with E-state index in [9.17, 15) is 4.79 Å². The normalized spacial score (nSPS) is 12.2. The zero-order chi connectivity index (χ0) is 15.6. The molecule has 0 aliphatic rings. The SMILES string of the molecule is Cc1ccnc(NC(=O)[C@H](C)Cn2nc(C)c(C)c2C)c1. The Hall–Kier alpha value is -2.17. The van der Waals surface area contributed by atoms with Crippen molar-refractivity contribution >= 4 is 11.7 Å². The van der Waals surface area contributed by atoms with Gasteiger partial charge in [-0.1, -0.05) is 6.92 Å². The van der Waals surface area contributed by atoms with Gasteiger partial charge in [0, 0.05) is 11.9 Å². The maximum absolute atomic E-state index is 12.2. The summed E-state index contributed by atoms with van der Waals surface area (Å²) >= 11 is 0. The number of aromatic nitrogens is 3. The molecular formula is C16H22N4O. The Morgan fingerprint density at radius 3 is 2.62 bits per heavy atom. The van der Waals surface area contributed by atoms with Crippen LogP contribution in [0.4, 0.5) is 5.82 Å². The highest BCUT2D eigenvalue weighted by Gasteiger charge is 2.17. The molecule has 112 valence electrons. The summed E-state index contributed by atoms with van der Waals surface area (Å²) < 4.78 is 1.90. The molecule has 0 aliphatic carbocycles. The topological polar surface area (TPSA) is 59.8 Å². The molecule has 0 radical (unpaired) electrons. The van der Waals surface area contributed by atoms with Crippen molar-refractivity contribution in [3.8, 4) is 0 Å². The second-order valence-corrected chi connectivity index (χ2v) is 5.59. The van der Waals surface area contributed by atoms with Crippen LogP contribution in [0, 0.1) is 33.6 Å². The fourth-order valence-corrected chi connectivity index (χ4v) is 2.16. The van der Waals surface area contributed by atoms with Crippen LogP contribution in [-0.4, -0.2) is 20.7 Å². The Labute approximate surface area is 125 Å². The Morgan fingerprint density at radius 1 is 1.33 bits per heavy atom. The van der Waals surface area contributed by atoms with Crippen molar-refractivity contribution in [2.24, 2.45) is 5.92 Å².